The van der Waals surface area contributed by atoms with Crippen LogP contribution in [0.1, 0.15) is 30.0 Å². The highest BCUT2D eigenvalue weighted by atomic mass is 32.2. The second-order valence-corrected chi connectivity index (χ2v) is 8.94. The van der Waals surface area contributed by atoms with Crippen molar-refractivity contribution in [1.82, 2.24) is 4.98 Å². The maximum absolute atomic E-state index is 12.4. The maximum atomic E-state index is 12.4. The number of hydrogen-bond donors (Lipinski definition) is 1. The number of carbonyl (C=O) groups excluding carboxylic acids is 1. The number of thiazole rings is 1. The molecule has 1 fully saturated rings. The smallest absolute Gasteiger partial charge is 0.244 e. The third-order valence-corrected chi connectivity index (χ3v) is 6.01. The minimum atomic E-state index is -3.51. The van der Waals surface area contributed by atoms with Crippen LogP contribution in [0.2, 0.25) is 0 Å². The van der Waals surface area contributed by atoms with Crippen molar-refractivity contribution in [1.29, 1.82) is 0 Å². The Kier molecular flexibility index (Phi) is 4.50. The molecular weight excluding hydrogens is 332 g/mol. The van der Waals surface area contributed by atoms with Gasteiger partial charge >= 0.3 is 0 Å². The van der Waals surface area contributed by atoms with Gasteiger partial charge in [-0.05, 0) is 24.8 Å². The van der Waals surface area contributed by atoms with Crippen molar-refractivity contribution in [3.8, 4) is 0 Å². The van der Waals surface area contributed by atoms with Crippen molar-refractivity contribution in [2.45, 2.75) is 30.4 Å². The van der Waals surface area contributed by atoms with Crippen LogP contribution in [0.3, 0.4) is 0 Å². The molecular formula is C16H18N2O3S2. The fourth-order valence-electron chi connectivity index (χ4n) is 2.36. The number of sulfone groups is 1. The average molecular weight is 350 g/mol. The first-order chi connectivity index (χ1) is 10.9. The molecule has 23 heavy (non-hydrogen) atoms. The SMILES string of the molecule is CS(=O)(=O)[C@H](Cc1ccccc1)C(=O)Nc1nc(C2CC2)cs1. The summed E-state index contributed by atoms with van der Waals surface area (Å²) in [6.07, 6.45) is 3.53. The quantitative estimate of drug-likeness (QED) is 0.869. The first-order valence-corrected chi connectivity index (χ1v) is 10.3. The molecule has 7 heteroatoms. The van der Waals surface area contributed by atoms with Gasteiger partial charge in [-0.1, -0.05) is 30.3 Å². The molecule has 1 aliphatic rings. The third kappa shape index (κ3) is 4.17. The Morgan fingerprint density at radius 2 is 2.04 bits per heavy atom. The van der Waals surface area contributed by atoms with Crippen molar-refractivity contribution >= 4 is 32.2 Å². The molecule has 1 aromatic carbocycles. The van der Waals surface area contributed by atoms with Gasteiger partial charge in [0.25, 0.3) is 0 Å². The van der Waals surface area contributed by atoms with Crippen molar-refractivity contribution in [3.05, 3.63) is 47.0 Å². The Morgan fingerprint density at radius 1 is 1.35 bits per heavy atom. The summed E-state index contributed by atoms with van der Waals surface area (Å²) in [5.74, 6) is -0.0139. The molecule has 0 spiro atoms. The van der Waals surface area contributed by atoms with Crippen LogP contribution in [0.4, 0.5) is 5.13 Å². The fraction of sp³-hybridized carbons (Fsp3) is 0.375. The molecule has 1 atom stereocenters. The molecule has 1 N–H and O–H groups in total. The highest BCUT2D eigenvalue weighted by molar-refractivity contribution is 7.92. The number of carbonyl (C=O) groups is 1. The molecule has 1 amide bonds. The van der Waals surface area contributed by atoms with E-state index in [0.29, 0.717) is 11.0 Å². The van der Waals surface area contributed by atoms with E-state index < -0.39 is 21.0 Å². The topological polar surface area (TPSA) is 76.1 Å². The van der Waals surface area contributed by atoms with Crippen molar-refractivity contribution in [3.63, 3.8) is 0 Å². The van der Waals surface area contributed by atoms with E-state index in [9.17, 15) is 13.2 Å². The van der Waals surface area contributed by atoms with Crippen LogP contribution in [-0.2, 0) is 21.1 Å². The summed E-state index contributed by atoms with van der Waals surface area (Å²) in [5.41, 5.74) is 1.81. The highest BCUT2D eigenvalue weighted by Gasteiger charge is 2.31. The fourth-order valence-corrected chi connectivity index (χ4v) is 4.10. The predicted octanol–water partition coefficient (Wildman–Crippen LogP) is 2.61. The molecule has 3 rings (SSSR count). The molecule has 1 aliphatic carbocycles. The molecule has 5 nitrogen and oxygen atoms in total. The summed E-state index contributed by atoms with van der Waals surface area (Å²) in [6.45, 7) is 0. The van der Waals surface area contributed by atoms with Crippen molar-refractivity contribution in [2.24, 2.45) is 0 Å². The Hall–Kier alpha value is -1.73. The zero-order valence-electron chi connectivity index (χ0n) is 12.7. The first kappa shape index (κ1) is 16.1. The molecule has 1 aromatic heterocycles. The second-order valence-electron chi connectivity index (χ2n) is 5.85. The molecule has 122 valence electrons. The minimum Gasteiger partial charge on any atom is -0.301 e. The van der Waals surface area contributed by atoms with E-state index in [1.807, 2.05) is 35.7 Å². The zero-order valence-corrected chi connectivity index (χ0v) is 14.4. The van der Waals surface area contributed by atoms with Crippen LogP contribution < -0.4 is 5.32 Å². The maximum Gasteiger partial charge on any atom is 0.244 e. The molecule has 2 aromatic rings. The number of aromatic nitrogens is 1. The monoisotopic (exact) mass is 350 g/mol. The highest BCUT2D eigenvalue weighted by Crippen LogP contribution is 2.40. The first-order valence-electron chi connectivity index (χ1n) is 7.42. The zero-order chi connectivity index (χ0) is 16.4. The van der Waals surface area contributed by atoms with Gasteiger partial charge in [0.15, 0.2) is 15.0 Å². The summed E-state index contributed by atoms with van der Waals surface area (Å²) in [6, 6.07) is 9.15. The lowest BCUT2D eigenvalue weighted by molar-refractivity contribution is -0.115. The summed E-state index contributed by atoms with van der Waals surface area (Å²) < 4.78 is 24.0. The van der Waals surface area contributed by atoms with Crippen LogP contribution in [0.25, 0.3) is 0 Å². The standard InChI is InChI=1S/C16H18N2O3S2/c1-23(20,21)14(9-11-5-3-2-4-6-11)15(19)18-16-17-13(10-22-16)12-7-8-12/h2-6,10,12,14H,7-9H2,1H3,(H,17,18,19)/t14-/m1/s1. The van der Waals surface area contributed by atoms with Crippen LogP contribution in [0, 0.1) is 0 Å². The Morgan fingerprint density at radius 3 is 2.65 bits per heavy atom. The van der Waals surface area contributed by atoms with E-state index in [4.69, 9.17) is 0 Å². The van der Waals surface area contributed by atoms with Crippen LogP contribution in [0.5, 0.6) is 0 Å². The number of hydrogen-bond acceptors (Lipinski definition) is 5. The van der Waals surface area contributed by atoms with Gasteiger partial charge in [0.05, 0.1) is 5.69 Å². The normalized spacial score (nSPS) is 16.0. The lowest BCUT2D eigenvalue weighted by Crippen LogP contribution is -2.36. The molecule has 1 heterocycles. The van der Waals surface area contributed by atoms with Gasteiger partial charge in [0.2, 0.25) is 5.91 Å². The van der Waals surface area contributed by atoms with Crippen LogP contribution in [-0.4, -0.2) is 30.8 Å². The van der Waals surface area contributed by atoms with Crippen molar-refractivity contribution in [2.75, 3.05) is 11.6 Å². The number of nitrogens with one attached hydrogen (secondary N) is 1. The average Bonchev–Trinajstić information content (AvgIpc) is 3.25. The molecule has 0 saturated heterocycles. The van der Waals surface area contributed by atoms with Gasteiger partial charge in [-0.15, -0.1) is 11.3 Å². The summed E-state index contributed by atoms with van der Waals surface area (Å²) in [7, 11) is -3.51. The molecule has 0 unspecified atom stereocenters. The van der Waals surface area contributed by atoms with Crippen LogP contribution in [0.15, 0.2) is 35.7 Å². The van der Waals surface area contributed by atoms with Crippen LogP contribution >= 0.6 is 11.3 Å². The number of anilines is 1. The van der Waals surface area contributed by atoms with Gasteiger partial charge in [0, 0.05) is 17.6 Å². The number of rotatable bonds is 6. The molecule has 0 radical (unpaired) electrons. The summed E-state index contributed by atoms with van der Waals surface area (Å²) >= 11 is 1.34. The number of amides is 1. The van der Waals surface area contributed by atoms with E-state index in [1.54, 1.807) is 0 Å². The van der Waals surface area contributed by atoms with Gasteiger partial charge in [-0.3, -0.25) is 4.79 Å². The lowest BCUT2D eigenvalue weighted by Gasteiger charge is -2.14. The van der Waals surface area contributed by atoms with Gasteiger partial charge in [-0.25, -0.2) is 13.4 Å². The van der Waals surface area contributed by atoms with E-state index in [-0.39, 0.29) is 6.42 Å². The largest absolute Gasteiger partial charge is 0.301 e. The third-order valence-electron chi connectivity index (χ3n) is 3.82. The van der Waals surface area contributed by atoms with Gasteiger partial charge in [-0.2, -0.15) is 0 Å². The predicted molar refractivity (Wildman–Crippen MR) is 91.5 cm³/mol. The second kappa shape index (κ2) is 6.41. The van der Waals surface area contributed by atoms with E-state index in [1.165, 1.54) is 11.3 Å². The molecule has 1 saturated carbocycles. The Balaban J connectivity index is 1.74. The van der Waals surface area contributed by atoms with Gasteiger partial charge in [0.1, 0.15) is 5.25 Å². The lowest BCUT2D eigenvalue weighted by atomic mass is 10.1. The van der Waals surface area contributed by atoms with E-state index >= 15 is 0 Å². The van der Waals surface area contributed by atoms with Gasteiger partial charge < -0.3 is 5.32 Å². The molecule has 0 aliphatic heterocycles. The number of benzene rings is 1. The summed E-state index contributed by atoms with van der Waals surface area (Å²) in [5, 5.41) is 3.95. The minimum absolute atomic E-state index is 0.159. The Bertz CT molecular complexity index is 796. The van der Waals surface area contributed by atoms with E-state index in [2.05, 4.69) is 10.3 Å². The number of nitrogens with zero attached hydrogens (tertiary/aromatic N) is 1. The molecule has 0 bridgehead atoms. The van der Waals surface area contributed by atoms with Crippen molar-refractivity contribution < 1.29 is 13.2 Å². The van der Waals surface area contributed by atoms with E-state index in [0.717, 1.165) is 30.4 Å². The summed E-state index contributed by atoms with van der Waals surface area (Å²) in [4.78, 5) is 16.8. The Labute approximate surface area is 139 Å².